The summed E-state index contributed by atoms with van der Waals surface area (Å²) in [5.74, 6) is -0.747. The summed E-state index contributed by atoms with van der Waals surface area (Å²) >= 11 is 12.4. The Morgan fingerprint density at radius 3 is 2.84 bits per heavy atom. The summed E-state index contributed by atoms with van der Waals surface area (Å²) in [4.78, 5) is 14.5. The van der Waals surface area contributed by atoms with Gasteiger partial charge in [0.1, 0.15) is 11.0 Å². The van der Waals surface area contributed by atoms with Gasteiger partial charge in [0, 0.05) is 12.1 Å². The van der Waals surface area contributed by atoms with Crippen LogP contribution in [0.2, 0.25) is 5.15 Å². The van der Waals surface area contributed by atoms with E-state index in [0.29, 0.717) is 4.88 Å². The molecule has 0 unspecified atom stereocenters. The molecule has 0 spiro atoms. The van der Waals surface area contributed by atoms with E-state index in [1.807, 2.05) is 0 Å². The van der Waals surface area contributed by atoms with Gasteiger partial charge in [-0.15, -0.1) is 11.6 Å². The Hall–Kier alpha value is -1.44. The number of nitrogens with zero attached hydrogens (tertiary/aromatic N) is 2. The largest absolute Gasteiger partial charge is 0.423 e. The molecule has 0 saturated heterocycles. The fourth-order valence-electron chi connectivity index (χ4n) is 1.25. The van der Waals surface area contributed by atoms with Gasteiger partial charge in [-0.25, -0.2) is 4.39 Å². The third-order valence-electron chi connectivity index (χ3n) is 2.07. The highest BCUT2D eigenvalue weighted by molar-refractivity contribution is 7.14. The first kappa shape index (κ1) is 14.0. The van der Waals surface area contributed by atoms with Crippen LogP contribution in [0.1, 0.15) is 4.88 Å². The summed E-state index contributed by atoms with van der Waals surface area (Å²) in [6.45, 7) is 0. The minimum Gasteiger partial charge on any atom is -0.423 e. The number of aromatic nitrogens is 1. The van der Waals surface area contributed by atoms with Gasteiger partial charge in [-0.2, -0.15) is 4.98 Å². The quantitative estimate of drug-likeness (QED) is 0.476. The third kappa shape index (κ3) is 3.12. The van der Waals surface area contributed by atoms with Crippen molar-refractivity contribution in [3.63, 3.8) is 0 Å². The number of halogens is 3. The van der Waals surface area contributed by atoms with Crippen molar-refractivity contribution in [1.82, 2.24) is 4.98 Å². The third-order valence-corrected chi connectivity index (χ3v) is 3.85. The van der Waals surface area contributed by atoms with Gasteiger partial charge in [0.15, 0.2) is 0 Å². The van der Waals surface area contributed by atoms with E-state index in [1.165, 1.54) is 0 Å². The average Bonchev–Trinajstić information content (AvgIpc) is 2.69. The van der Waals surface area contributed by atoms with Gasteiger partial charge in [0.25, 0.3) is 5.19 Å². The minimum atomic E-state index is -0.674. The summed E-state index contributed by atoms with van der Waals surface area (Å²) in [6, 6.07) is 2.90. The highest BCUT2D eigenvalue weighted by atomic mass is 35.5. The average molecular weight is 323 g/mol. The Morgan fingerprint density at radius 2 is 2.26 bits per heavy atom. The Morgan fingerprint density at radius 1 is 1.53 bits per heavy atom. The number of alkyl halides is 1. The highest BCUT2D eigenvalue weighted by Gasteiger charge is 2.19. The zero-order valence-electron chi connectivity index (χ0n) is 9.10. The van der Waals surface area contributed by atoms with Gasteiger partial charge in [-0.3, -0.25) is 10.1 Å². The summed E-state index contributed by atoms with van der Waals surface area (Å²) in [7, 11) is 0. The van der Waals surface area contributed by atoms with Crippen LogP contribution in [0.4, 0.5) is 10.1 Å². The molecule has 0 amide bonds. The zero-order chi connectivity index (χ0) is 14.0. The summed E-state index contributed by atoms with van der Waals surface area (Å²) in [5.41, 5.74) is -0.361. The molecule has 0 atom stereocenters. The second-order valence-electron chi connectivity index (χ2n) is 3.30. The van der Waals surface area contributed by atoms with Gasteiger partial charge >= 0.3 is 5.69 Å². The van der Waals surface area contributed by atoms with Crippen molar-refractivity contribution in [2.45, 2.75) is 5.88 Å². The van der Waals surface area contributed by atoms with Gasteiger partial charge in [0.05, 0.1) is 15.7 Å². The van der Waals surface area contributed by atoms with E-state index in [2.05, 4.69) is 4.98 Å². The SMILES string of the molecule is O=[N+]([O-])c1ccc(F)cc1Oc1nc(Cl)c(CCl)s1. The topological polar surface area (TPSA) is 65.3 Å². The fraction of sp³-hybridized carbons (Fsp3) is 0.100. The molecule has 1 aromatic heterocycles. The number of hydrogen-bond donors (Lipinski definition) is 0. The fourth-order valence-corrected chi connectivity index (χ4v) is 2.59. The van der Waals surface area contributed by atoms with Gasteiger partial charge < -0.3 is 4.74 Å². The van der Waals surface area contributed by atoms with E-state index in [9.17, 15) is 14.5 Å². The maximum Gasteiger partial charge on any atom is 0.311 e. The van der Waals surface area contributed by atoms with Crippen LogP contribution in [0, 0.1) is 15.9 Å². The molecule has 0 fully saturated rings. The van der Waals surface area contributed by atoms with Crippen molar-refractivity contribution in [3.8, 4) is 10.9 Å². The van der Waals surface area contributed by atoms with Crippen molar-refractivity contribution >= 4 is 40.2 Å². The number of hydrogen-bond acceptors (Lipinski definition) is 5. The molecular formula is C10H5Cl2FN2O3S. The van der Waals surface area contributed by atoms with Crippen LogP contribution in [-0.4, -0.2) is 9.91 Å². The molecule has 1 heterocycles. The summed E-state index contributed by atoms with van der Waals surface area (Å²) < 4.78 is 18.3. The van der Waals surface area contributed by atoms with Crippen LogP contribution in [0.15, 0.2) is 18.2 Å². The Balaban J connectivity index is 2.36. The second-order valence-corrected chi connectivity index (χ2v) is 4.97. The number of thiazole rings is 1. The zero-order valence-corrected chi connectivity index (χ0v) is 11.4. The molecule has 0 aliphatic rings. The lowest BCUT2D eigenvalue weighted by atomic mass is 10.3. The molecule has 9 heteroatoms. The Bertz CT molecular complexity index is 635. The van der Waals surface area contributed by atoms with Crippen molar-refractivity contribution in [3.05, 3.63) is 44.2 Å². The number of rotatable bonds is 4. The molecule has 5 nitrogen and oxygen atoms in total. The first-order chi connectivity index (χ1) is 9.01. The van der Waals surface area contributed by atoms with E-state index in [1.54, 1.807) is 0 Å². The first-order valence-electron chi connectivity index (χ1n) is 4.84. The number of nitro groups is 1. The standard InChI is InChI=1S/C10H5Cl2FN2O3S/c11-4-8-9(12)14-10(19-8)18-7-3-5(13)1-2-6(7)15(16)17/h1-3H,4H2. The van der Waals surface area contributed by atoms with Crippen LogP contribution in [-0.2, 0) is 5.88 Å². The van der Waals surface area contributed by atoms with Gasteiger partial charge in [0.2, 0.25) is 5.75 Å². The second kappa shape index (κ2) is 5.68. The maximum absolute atomic E-state index is 13.1. The van der Waals surface area contributed by atoms with E-state index >= 15 is 0 Å². The van der Waals surface area contributed by atoms with Crippen LogP contribution < -0.4 is 4.74 Å². The highest BCUT2D eigenvalue weighted by Crippen LogP contribution is 2.36. The molecule has 19 heavy (non-hydrogen) atoms. The lowest BCUT2D eigenvalue weighted by Gasteiger charge is -2.02. The van der Waals surface area contributed by atoms with Gasteiger partial charge in [-0.1, -0.05) is 22.9 Å². The molecule has 2 aromatic rings. The molecule has 0 radical (unpaired) electrons. The van der Waals surface area contributed by atoms with Crippen molar-refractivity contribution in [2.75, 3.05) is 0 Å². The molecular weight excluding hydrogens is 318 g/mol. The molecule has 2 rings (SSSR count). The van der Waals surface area contributed by atoms with Crippen molar-refractivity contribution in [1.29, 1.82) is 0 Å². The number of benzene rings is 1. The van der Waals surface area contributed by atoms with Crippen LogP contribution >= 0.6 is 34.5 Å². The molecule has 0 aliphatic heterocycles. The summed E-state index contributed by atoms with van der Waals surface area (Å²) in [5, 5.41) is 11.0. The van der Waals surface area contributed by atoms with E-state index in [-0.39, 0.29) is 27.7 Å². The molecule has 0 saturated carbocycles. The van der Waals surface area contributed by atoms with Crippen molar-refractivity contribution < 1.29 is 14.1 Å². The molecule has 0 N–H and O–H groups in total. The lowest BCUT2D eigenvalue weighted by Crippen LogP contribution is -1.94. The van der Waals surface area contributed by atoms with Gasteiger partial charge in [-0.05, 0) is 6.07 Å². The van der Waals surface area contributed by atoms with E-state index in [4.69, 9.17) is 27.9 Å². The smallest absolute Gasteiger partial charge is 0.311 e. The van der Waals surface area contributed by atoms with Crippen LogP contribution in [0.5, 0.6) is 10.9 Å². The molecule has 0 aliphatic carbocycles. The van der Waals surface area contributed by atoms with Crippen molar-refractivity contribution in [2.24, 2.45) is 0 Å². The minimum absolute atomic E-state index is 0.0642. The number of nitro benzene ring substituents is 1. The molecule has 0 bridgehead atoms. The molecule has 1 aromatic carbocycles. The maximum atomic E-state index is 13.1. The monoisotopic (exact) mass is 322 g/mol. The van der Waals surface area contributed by atoms with Crippen LogP contribution in [0.25, 0.3) is 0 Å². The normalized spacial score (nSPS) is 10.5. The summed E-state index contributed by atoms with van der Waals surface area (Å²) in [6.07, 6.45) is 0. The lowest BCUT2D eigenvalue weighted by molar-refractivity contribution is -0.385. The predicted octanol–water partition coefficient (Wildman–Crippen LogP) is 4.37. The molecule has 100 valence electrons. The number of ether oxygens (including phenoxy) is 1. The van der Waals surface area contributed by atoms with Crippen LogP contribution in [0.3, 0.4) is 0 Å². The predicted molar refractivity (Wildman–Crippen MR) is 69.8 cm³/mol. The van der Waals surface area contributed by atoms with E-state index < -0.39 is 10.7 Å². The van der Waals surface area contributed by atoms with E-state index in [0.717, 1.165) is 29.5 Å². The first-order valence-corrected chi connectivity index (χ1v) is 6.57. The Labute approximate surface area is 120 Å². The Kier molecular flexibility index (Phi) is 4.18.